The molecule has 1 fully saturated rings. The number of carbonyl (C=O) groups excluding carboxylic acids is 1. The first-order valence-electron chi connectivity index (χ1n) is 6.12. The summed E-state index contributed by atoms with van der Waals surface area (Å²) < 4.78 is 0. The molecule has 0 radical (unpaired) electrons. The van der Waals surface area contributed by atoms with Crippen LogP contribution in [0.3, 0.4) is 0 Å². The molecule has 5 heteroatoms. The van der Waals surface area contributed by atoms with Gasteiger partial charge in [-0.2, -0.15) is 0 Å². The second kappa shape index (κ2) is 5.27. The highest BCUT2D eigenvalue weighted by atomic mass is 16.3. The fourth-order valence-corrected chi connectivity index (χ4v) is 2.27. The number of nitrogen functional groups attached to an aromatic ring is 1. The highest BCUT2D eigenvalue weighted by Crippen LogP contribution is 2.24. The molecule has 1 atom stereocenters. The molecule has 1 unspecified atom stereocenters. The van der Waals surface area contributed by atoms with Crippen LogP contribution in [0.1, 0.15) is 16.8 Å². The number of nitrogens with two attached hydrogens (primary N) is 1. The highest BCUT2D eigenvalue weighted by Gasteiger charge is 2.20. The third-order valence-electron chi connectivity index (χ3n) is 3.35. The summed E-state index contributed by atoms with van der Waals surface area (Å²) in [6.07, 6.45) is 1.10. The van der Waals surface area contributed by atoms with Crippen LogP contribution in [0.5, 0.6) is 5.75 Å². The second-order valence-corrected chi connectivity index (χ2v) is 4.87. The molecule has 0 bridgehead atoms. The molecule has 0 aromatic heterocycles. The fourth-order valence-electron chi connectivity index (χ4n) is 2.27. The van der Waals surface area contributed by atoms with E-state index in [1.807, 2.05) is 0 Å². The van der Waals surface area contributed by atoms with Crippen molar-refractivity contribution in [3.8, 4) is 5.75 Å². The van der Waals surface area contributed by atoms with Gasteiger partial charge in [-0.1, -0.05) is 6.07 Å². The minimum Gasteiger partial charge on any atom is -0.505 e. The number of phenolic OH excluding ortho intramolecular Hbond substituents is 1. The van der Waals surface area contributed by atoms with E-state index in [2.05, 4.69) is 17.3 Å². The Morgan fingerprint density at radius 1 is 1.61 bits per heavy atom. The molecule has 4 N–H and O–H groups in total. The third kappa shape index (κ3) is 2.73. The molecular formula is C13H19N3O2. The minimum atomic E-state index is -0.269. The lowest BCUT2D eigenvalue weighted by Gasteiger charge is -2.12. The number of rotatable bonds is 3. The molecule has 98 valence electrons. The van der Waals surface area contributed by atoms with Gasteiger partial charge in [0.1, 0.15) is 0 Å². The van der Waals surface area contributed by atoms with Crippen LogP contribution in [-0.4, -0.2) is 42.6 Å². The molecule has 5 nitrogen and oxygen atoms in total. The van der Waals surface area contributed by atoms with Gasteiger partial charge in [-0.3, -0.25) is 4.79 Å². The molecule has 1 amide bonds. The van der Waals surface area contributed by atoms with Crippen LogP contribution in [0.25, 0.3) is 0 Å². The van der Waals surface area contributed by atoms with Crippen molar-refractivity contribution in [1.82, 2.24) is 10.2 Å². The largest absolute Gasteiger partial charge is 0.505 e. The average molecular weight is 249 g/mol. The van der Waals surface area contributed by atoms with Gasteiger partial charge in [-0.15, -0.1) is 0 Å². The number of para-hydroxylation sites is 1. The molecule has 1 aliphatic heterocycles. The van der Waals surface area contributed by atoms with Crippen molar-refractivity contribution < 1.29 is 9.90 Å². The Kier molecular flexibility index (Phi) is 3.72. The minimum absolute atomic E-state index is 0.140. The number of benzene rings is 1. The summed E-state index contributed by atoms with van der Waals surface area (Å²) in [5.74, 6) is 0.0787. The van der Waals surface area contributed by atoms with Crippen molar-refractivity contribution in [2.24, 2.45) is 5.92 Å². The van der Waals surface area contributed by atoms with Crippen molar-refractivity contribution in [1.29, 1.82) is 0 Å². The number of nitrogens with one attached hydrogen (secondary N) is 1. The molecule has 18 heavy (non-hydrogen) atoms. The third-order valence-corrected chi connectivity index (χ3v) is 3.35. The number of carbonyl (C=O) groups is 1. The lowest BCUT2D eigenvalue weighted by atomic mass is 10.1. The smallest absolute Gasteiger partial charge is 0.255 e. The van der Waals surface area contributed by atoms with Crippen LogP contribution in [0, 0.1) is 5.92 Å². The van der Waals surface area contributed by atoms with E-state index in [9.17, 15) is 9.90 Å². The number of aromatic hydroxyl groups is 1. The number of amides is 1. The van der Waals surface area contributed by atoms with E-state index in [-0.39, 0.29) is 22.9 Å². The maximum atomic E-state index is 11.9. The number of hydrogen-bond acceptors (Lipinski definition) is 4. The maximum Gasteiger partial charge on any atom is 0.255 e. The summed E-state index contributed by atoms with van der Waals surface area (Å²) in [7, 11) is 2.07. The Labute approximate surface area is 107 Å². The first-order chi connectivity index (χ1) is 8.58. The number of likely N-dealkylation sites (tertiary alicyclic amines) is 1. The molecule has 1 saturated heterocycles. The monoisotopic (exact) mass is 249 g/mol. The topological polar surface area (TPSA) is 78.6 Å². The van der Waals surface area contributed by atoms with E-state index in [1.54, 1.807) is 18.2 Å². The molecule has 0 saturated carbocycles. The highest BCUT2D eigenvalue weighted by molar-refractivity contribution is 5.98. The van der Waals surface area contributed by atoms with E-state index < -0.39 is 0 Å². The Bertz CT molecular complexity index is 448. The summed E-state index contributed by atoms with van der Waals surface area (Å²) in [6.45, 7) is 2.71. The standard InChI is InChI=1S/C13H19N3O2/c1-16-6-5-9(8-16)7-15-13(18)10-3-2-4-11(14)12(10)17/h2-4,9,17H,5-8,14H2,1H3,(H,15,18). The molecule has 2 rings (SSSR count). The van der Waals surface area contributed by atoms with Gasteiger partial charge >= 0.3 is 0 Å². The van der Waals surface area contributed by atoms with Crippen molar-refractivity contribution in [2.45, 2.75) is 6.42 Å². The van der Waals surface area contributed by atoms with Crippen LogP contribution in [0.4, 0.5) is 5.69 Å². The second-order valence-electron chi connectivity index (χ2n) is 4.87. The summed E-state index contributed by atoms with van der Waals surface area (Å²) in [6, 6.07) is 4.80. The summed E-state index contributed by atoms with van der Waals surface area (Å²) in [4.78, 5) is 14.2. The number of hydrogen-bond donors (Lipinski definition) is 3. The number of anilines is 1. The van der Waals surface area contributed by atoms with Crippen LogP contribution >= 0.6 is 0 Å². The molecule has 1 aliphatic rings. The maximum absolute atomic E-state index is 11.9. The summed E-state index contributed by atoms with van der Waals surface area (Å²) >= 11 is 0. The predicted octanol–water partition coefficient (Wildman–Crippen LogP) is 0.656. The Balaban J connectivity index is 1.94. The van der Waals surface area contributed by atoms with E-state index in [4.69, 9.17) is 5.73 Å². The average Bonchev–Trinajstić information content (AvgIpc) is 2.76. The Morgan fingerprint density at radius 3 is 3.06 bits per heavy atom. The van der Waals surface area contributed by atoms with Gasteiger partial charge in [-0.25, -0.2) is 0 Å². The predicted molar refractivity (Wildman–Crippen MR) is 70.5 cm³/mol. The Hall–Kier alpha value is -1.75. The van der Waals surface area contributed by atoms with Gasteiger partial charge in [0, 0.05) is 13.1 Å². The van der Waals surface area contributed by atoms with Gasteiger partial charge in [0.25, 0.3) is 5.91 Å². The van der Waals surface area contributed by atoms with Crippen LogP contribution in [0.15, 0.2) is 18.2 Å². The van der Waals surface area contributed by atoms with Gasteiger partial charge in [-0.05, 0) is 38.1 Å². The van der Waals surface area contributed by atoms with Gasteiger partial charge in [0.15, 0.2) is 5.75 Å². The molecule has 0 aliphatic carbocycles. The number of phenols is 1. The van der Waals surface area contributed by atoms with E-state index in [1.165, 1.54) is 0 Å². The SMILES string of the molecule is CN1CCC(CNC(=O)c2cccc(N)c2O)C1. The molecule has 1 heterocycles. The number of nitrogens with zero attached hydrogens (tertiary/aromatic N) is 1. The zero-order valence-corrected chi connectivity index (χ0v) is 10.5. The van der Waals surface area contributed by atoms with Gasteiger partial charge in [0.2, 0.25) is 0 Å². The van der Waals surface area contributed by atoms with E-state index in [0.29, 0.717) is 12.5 Å². The van der Waals surface area contributed by atoms with Crippen LogP contribution < -0.4 is 11.1 Å². The zero-order chi connectivity index (χ0) is 13.1. The van der Waals surface area contributed by atoms with Crippen molar-refractivity contribution in [3.63, 3.8) is 0 Å². The van der Waals surface area contributed by atoms with Crippen LogP contribution in [0.2, 0.25) is 0 Å². The van der Waals surface area contributed by atoms with Crippen molar-refractivity contribution >= 4 is 11.6 Å². The van der Waals surface area contributed by atoms with E-state index >= 15 is 0 Å². The first-order valence-corrected chi connectivity index (χ1v) is 6.12. The quantitative estimate of drug-likeness (QED) is 0.543. The normalized spacial score (nSPS) is 19.9. The first kappa shape index (κ1) is 12.7. The molecule has 1 aromatic rings. The van der Waals surface area contributed by atoms with Crippen molar-refractivity contribution in [2.75, 3.05) is 32.4 Å². The fraction of sp³-hybridized carbons (Fsp3) is 0.462. The van der Waals surface area contributed by atoms with Gasteiger partial charge in [0.05, 0.1) is 11.3 Å². The van der Waals surface area contributed by atoms with Crippen LogP contribution in [-0.2, 0) is 0 Å². The lowest BCUT2D eigenvalue weighted by molar-refractivity contribution is 0.0945. The van der Waals surface area contributed by atoms with Crippen molar-refractivity contribution in [3.05, 3.63) is 23.8 Å². The molecule has 0 spiro atoms. The van der Waals surface area contributed by atoms with Gasteiger partial charge < -0.3 is 21.1 Å². The summed E-state index contributed by atoms with van der Waals surface area (Å²) in [5.41, 5.74) is 6.02. The molecular weight excluding hydrogens is 230 g/mol. The summed E-state index contributed by atoms with van der Waals surface area (Å²) in [5, 5.41) is 12.6. The zero-order valence-electron chi connectivity index (χ0n) is 10.5. The Morgan fingerprint density at radius 2 is 2.39 bits per heavy atom. The lowest BCUT2D eigenvalue weighted by Crippen LogP contribution is -2.30. The van der Waals surface area contributed by atoms with E-state index in [0.717, 1.165) is 19.5 Å². The molecule has 1 aromatic carbocycles.